The van der Waals surface area contributed by atoms with Crippen LogP contribution in [0.15, 0.2) is 70.1 Å². The maximum atomic E-state index is 14.1. The van der Waals surface area contributed by atoms with Crippen LogP contribution in [-0.2, 0) is 30.4 Å². The minimum absolute atomic E-state index is 0.0619. The van der Waals surface area contributed by atoms with Gasteiger partial charge >= 0.3 is 6.09 Å². The molecule has 2 saturated heterocycles. The zero-order chi connectivity index (χ0) is 41.9. The van der Waals surface area contributed by atoms with Gasteiger partial charge in [-0.25, -0.2) is 14.8 Å². The number of amides is 4. The van der Waals surface area contributed by atoms with Crippen LogP contribution < -0.4 is 16.1 Å². The number of carbonyl (C=O) groups is 4. The summed E-state index contributed by atoms with van der Waals surface area (Å²) in [6.45, 7) is 6.34. The Balaban J connectivity index is 1.03. The van der Waals surface area contributed by atoms with Gasteiger partial charge in [0, 0.05) is 37.4 Å². The average Bonchev–Trinajstić information content (AvgIpc) is 4.06. The van der Waals surface area contributed by atoms with Crippen LogP contribution in [0.2, 0.25) is 0 Å². The van der Waals surface area contributed by atoms with E-state index < -0.39 is 12.1 Å². The number of nitrogens with one attached hydrogen (secondary N) is 4. The first kappa shape index (κ1) is 40.2. The third kappa shape index (κ3) is 8.19. The molecule has 312 valence electrons. The largest absolute Gasteiger partial charge is 0.456 e. The Morgan fingerprint density at radius 2 is 1.72 bits per heavy atom. The highest BCUT2D eigenvalue weighted by atomic mass is 16.5. The maximum Gasteiger partial charge on any atom is 0.407 e. The van der Waals surface area contributed by atoms with Gasteiger partial charge in [0.05, 0.1) is 60.8 Å². The first-order valence-corrected chi connectivity index (χ1v) is 20.3. The molecule has 3 aromatic carbocycles. The van der Waals surface area contributed by atoms with Crippen LogP contribution in [-0.4, -0.2) is 100 Å². The van der Waals surface area contributed by atoms with Gasteiger partial charge in [-0.3, -0.25) is 19.2 Å². The van der Waals surface area contributed by atoms with Crippen molar-refractivity contribution in [2.24, 2.45) is 11.8 Å². The molecule has 2 fully saturated rings. The molecule has 2 aliphatic rings. The molecular weight excluding hydrogens is 769 g/mol. The van der Waals surface area contributed by atoms with Crippen LogP contribution in [0.5, 0.6) is 0 Å². The number of likely N-dealkylation sites (tertiary alicyclic amines) is 1. The number of imidazole rings is 2. The van der Waals surface area contributed by atoms with Gasteiger partial charge in [0.15, 0.2) is 0 Å². The van der Waals surface area contributed by atoms with Crippen molar-refractivity contribution in [3.05, 3.63) is 82.8 Å². The number of fused-ring (bicyclic) bond motifs is 4. The summed E-state index contributed by atoms with van der Waals surface area (Å²) in [5.41, 5.74) is 3.85. The van der Waals surface area contributed by atoms with E-state index in [1.807, 2.05) is 50.2 Å². The molecule has 6 aromatic rings. The van der Waals surface area contributed by atoms with Crippen LogP contribution >= 0.6 is 0 Å². The molecule has 4 amide bonds. The second kappa shape index (κ2) is 17.4. The highest BCUT2D eigenvalue weighted by molar-refractivity contribution is 6.09. The summed E-state index contributed by atoms with van der Waals surface area (Å²) in [6, 6.07) is 14.0. The normalized spacial score (nSPS) is 16.4. The zero-order valence-corrected chi connectivity index (χ0v) is 33.8. The minimum Gasteiger partial charge on any atom is -0.456 e. The Morgan fingerprint density at radius 3 is 2.48 bits per heavy atom. The van der Waals surface area contributed by atoms with E-state index in [1.165, 1.54) is 7.11 Å². The lowest BCUT2D eigenvalue weighted by atomic mass is 9.90. The number of methoxy groups -OCH3 is 1. The third-order valence-electron chi connectivity index (χ3n) is 11.4. The molecule has 4 N–H and O–H groups in total. The lowest BCUT2D eigenvalue weighted by Crippen LogP contribution is -2.53. The van der Waals surface area contributed by atoms with Crippen molar-refractivity contribution in [1.82, 2.24) is 40.4 Å². The molecule has 3 aromatic heterocycles. The fraction of sp³-hybridized carbons (Fsp3) is 0.386. The lowest BCUT2D eigenvalue weighted by Gasteiger charge is -2.34. The number of aromatic amines is 2. The fourth-order valence-electron chi connectivity index (χ4n) is 8.50. The molecule has 2 atom stereocenters. The lowest BCUT2D eigenvalue weighted by molar-refractivity contribution is -0.137. The summed E-state index contributed by atoms with van der Waals surface area (Å²) in [7, 11) is 1.29. The summed E-state index contributed by atoms with van der Waals surface area (Å²) in [5, 5.41) is 7.74. The Labute approximate surface area is 345 Å². The minimum atomic E-state index is -0.752. The number of alkyl carbamates (subject to hydrolysis) is 1. The highest BCUT2D eigenvalue weighted by Gasteiger charge is 2.35. The molecule has 16 heteroatoms. The van der Waals surface area contributed by atoms with Crippen molar-refractivity contribution in [3.63, 3.8) is 0 Å². The summed E-state index contributed by atoms with van der Waals surface area (Å²) < 4.78 is 16.8. The summed E-state index contributed by atoms with van der Waals surface area (Å²) in [6.07, 6.45) is 6.21. The van der Waals surface area contributed by atoms with E-state index in [4.69, 9.17) is 13.9 Å². The molecule has 2 aliphatic heterocycles. The fourth-order valence-corrected chi connectivity index (χ4v) is 8.50. The van der Waals surface area contributed by atoms with Gasteiger partial charge in [0.25, 0.3) is 0 Å². The average molecular weight is 817 g/mol. The van der Waals surface area contributed by atoms with Gasteiger partial charge in [-0.1, -0.05) is 38.1 Å². The van der Waals surface area contributed by atoms with Gasteiger partial charge in [0.1, 0.15) is 28.9 Å². The molecule has 0 radical (unpaired) electrons. The Hall–Kier alpha value is -6.55. The topological polar surface area (TPSA) is 205 Å². The number of H-pyrrole nitrogens is 2. The van der Waals surface area contributed by atoms with Gasteiger partial charge in [0.2, 0.25) is 23.7 Å². The van der Waals surface area contributed by atoms with Crippen LogP contribution in [0.3, 0.4) is 0 Å². The van der Waals surface area contributed by atoms with Crippen molar-refractivity contribution < 1.29 is 33.1 Å². The van der Waals surface area contributed by atoms with Crippen molar-refractivity contribution >= 4 is 57.0 Å². The molecule has 0 aliphatic carbocycles. The first-order chi connectivity index (χ1) is 29.1. The smallest absolute Gasteiger partial charge is 0.407 e. The molecule has 0 saturated carbocycles. The molecule has 60 heavy (non-hydrogen) atoms. The molecule has 16 nitrogen and oxygen atoms in total. The van der Waals surface area contributed by atoms with E-state index in [-0.39, 0.29) is 48.2 Å². The van der Waals surface area contributed by atoms with Crippen molar-refractivity contribution in [3.8, 4) is 22.5 Å². The maximum absolute atomic E-state index is 14.1. The summed E-state index contributed by atoms with van der Waals surface area (Å²) in [4.78, 5) is 83.3. The molecular formula is C44H48N8O8. The van der Waals surface area contributed by atoms with Gasteiger partial charge < -0.3 is 44.3 Å². The van der Waals surface area contributed by atoms with Crippen molar-refractivity contribution in [2.45, 2.75) is 58.2 Å². The van der Waals surface area contributed by atoms with Crippen molar-refractivity contribution in [1.29, 1.82) is 0 Å². The van der Waals surface area contributed by atoms with Crippen LogP contribution in [0.4, 0.5) is 4.79 Å². The molecule has 0 spiro atoms. The number of carbonyl (C=O) groups excluding carboxylic acids is 4. The second-order valence-electron chi connectivity index (χ2n) is 15.9. The molecule has 5 heterocycles. The predicted molar refractivity (Wildman–Crippen MR) is 224 cm³/mol. The molecule has 0 unspecified atom stereocenters. The van der Waals surface area contributed by atoms with Gasteiger partial charge in [-0.15, -0.1) is 0 Å². The monoisotopic (exact) mass is 816 g/mol. The van der Waals surface area contributed by atoms with Crippen LogP contribution in [0.1, 0.15) is 57.2 Å². The number of ether oxygens (including phenoxy) is 2. The number of nitrogens with zero attached hydrogens (tertiary/aromatic N) is 4. The number of benzene rings is 3. The van der Waals surface area contributed by atoms with E-state index in [0.717, 1.165) is 46.1 Å². The quantitative estimate of drug-likeness (QED) is 0.0662. The molecule has 0 bridgehead atoms. The first-order valence-electron chi connectivity index (χ1n) is 20.3. The highest BCUT2D eigenvalue weighted by Crippen LogP contribution is 2.34. The number of hydrogen-bond acceptors (Lipinski definition) is 10. The van der Waals surface area contributed by atoms with Crippen molar-refractivity contribution in [2.75, 3.05) is 40.0 Å². The van der Waals surface area contributed by atoms with Gasteiger partial charge in [-0.05, 0) is 72.6 Å². The summed E-state index contributed by atoms with van der Waals surface area (Å²) in [5.74, 6) is 0.984. The third-order valence-corrected chi connectivity index (χ3v) is 11.4. The summed E-state index contributed by atoms with van der Waals surface area (Å²) >= 11 is 0. The van der Waals surface area contributed by atoms with Crippen LogP contribution in [0.25, 0.3) is 55.2 Å². The number of hydrogen-bond donors (Lipinski definition) is 4. The van der Waals surface area contributed by atoms with E-state index >= 15 is 0 Å². The standard InChI is InChI=1S/C44H48N8O8/c1-25(2)22-51(43(56)40(50-44(57)58-3)26-12-15-59-16-13-26)23-37-46-19-32(48-37)28-6-9-30-27(17-28)8-11-35-39(30)41(55)31-10-7-29(18-36(31)60-35)33-20-47-42(49-33)34-5-4-14-52(34)38(54)21-45-24-53/h6-11,17-20,24-26,34,40H,4-5,12-16,21-23H2,1-3H3,(H,45,53)(H,46,48)(H,47,49)(H,50,57)/t34-,40-/m0/s1. The second-order valence-corrected chi connectivity index (χ2v) is 15.9. The number of rotatable bonds is 13. The Morgan fingerprint density at radius 1 is 0.967 bits per heavy atom. The number of aromatic nitrogens is 4. The van der Waals surface area contributed by atoms with E-state index in [2.05, 4.69) is 30.6 Å². The zero-order valence-electron chi connectivity index (χ0n) is 33.8. The van der Waals surface area contributed by atoms with E-state index in [0.29, 0.717) is 79.1 Å². The Kier molecular flexibility index (Phi) is 11.6. The SMILES string of the molecule is COC(=O)N[C@H](C(=O)N(Cc1ncc(-c2ccc3c(ccc4oc5cc(-c6cnc([C@@H]7CCCN7C(=O)CNC=O)[nH]6)ccc5c(=O)c43)c2)[nH]1)CC(C)C)C1CCOCC1. The molecule has 8 rings (SSSR count). The van der Waals surface area contributed by atoms with Crippen LogP contribution in [0, 0.1) is 11.8 Å². The van der Waals surface area contributed by atoms with E-state index in [9.17, 15) is 24.0 Å². The van der Waals surface area contributed by atoms with E-state index in [1.54, 1.807) is 34.3 Å². The Bertz CT molecular complexity index is 2630. The predicted octanol–water partition coefficient (Wildman–Crippen LogP) is 5.42. The van der Waals surface area contributed by atoms with Gasteiger partial charge in [-0.2, -0.15) is 0 Å².